The average Bonchev–Trinajstić information content (AvgIpc) is 2.29. The zero-order chi connectivity index (χ0) is 12.2. The van der Waals surface area contributed by atoms with E-state index in [1.165, 1.54) is 0 Å². The second kappa shape index (κ2) is 5.08. The molecule has 1 aromatic carbocycles. The maximum absolute atomic E-state index is 12.4. The molecule has 0 bridgehead atoms. The Bertz CT molecular complexity index is 370. The first kappa shape index (κ1) is 12.7. The molecule has 0 aromatic heterocycles. The molecule has 2 nitrogen and oxygen atoms in total. The van der Waals surface area contributed by atoms with E-state index in [1.54, 1.807) is 6.08 Å². The van der Waals surface area contributed by atoms with Crippen LogP contribution in [0.15, 0.2) is 43.0 Å². The van der Waals surface area contributed by atoms with E-state index in [-0.39, 0.29) is 5.78 Å². The SMILES string of the molecule is C=CCC(C)(C(=O)c1ccccc1)N(C)C. The lowest BCUT2D eigenvalue weighted by Crippen LogP contribution is -2.48. The van der Waals surface area contributed by atoms with Crippen LogP contribution in [0.1, 0.15) is 23.7 Å². The predicted molar refractivity (Wildman–Crippen MR) is 67.7 cm³/mol. The smallest absolute Gasteiger partial charge is 0.183 e. The maximum atomic E-state index is 12.4. The summed E-state index contributed by atoms with van der Waals surface area (Å²) in [6.07, 6.45) is 2.44. The summed E-state index contributed by atoms with van der Waals surface area (Å²) in [7, 11) is 3.84. The van der Waals surface area contributed by atoms with E-state index >= 15 is 0 Å². The van der Waals surface area contributed by atoms with Crippen molar-refractivity contribution in [1.82, 2.24) is 4.90 Å². The van der Waals surface area contributed by atoms with Gasteiger partial charge in [-0.25, -0.2) is 0 Å². The first-order chi connectivity index (χ1) is 7.52. The van der Waals surface area contributed by atoms with Crippen LogP contribution in [0.25, 0.3) is 0 Å². The topological polar surface area (TPSA) is 20.3 Å². The number of carbonyl (C=O) groups is 1. The van der Waals surface area contributed by atoms with Gasteiger partial charge in [-0.05, 0) is 27.4 Å². The molecule has 0 aliphatic carbocycles. The van der Waals surface area contributed by atoms with Crippen molar-refractivity contribution in [1.29, 1.82) is 0 Å². The van der Waals surface area contributed by atoms with Crippen LogP contribution in [0.5, 0.6) is 0 Å². The zero-order valence-electron chi connectivity index (χ0n) is 10.2. The van der Waals surface area contributed by atoms with Gasteiger partial charge >= 0.3 is 0 Å². The van der Waals surface area contributed by atoms with E-state index in [0.29, 0.717) is 6.42 Å². The number of Topliss-reactive ketones (excluding diaryl/α,β-unsaturated/α-hetero) is 1. The summed E-state index contributed by atoms with van der Waals surface area (Å²) in [6.45, 7) is 5.67. The predicted octanol–water partition coefficient (Wildman–Crippen LogP) is 2.77. The molecule has 1 aromatic rings. The van der Waals surface area contributed by atoms with Crippen molar-refractivity contribution < 1.29 is 4.79 Å². The third kappa shape index (κ3) is 2.39. The van der Waals surface area contributed by atoms with Crippen molar-refractivity contribution in [3.8, 4) is 0 Å². The van der Waals surface area contributed by atoms with Crippen molar-refractivity contribution in [2.75, 3.05) is 14.1 Å². The highest BCUT2D eigenvalue weighted by atomic mass is 16.1. The monoisotopic (exact) mass is 217 g/mol. The molecule has 86 valence electrons. The fourth-order valence-electron chi connectivity index (χ4n) is 1.66. The molecule has 1 unspecified atom stereocenters. The van der Waals surface area contributed by atoms with Gasteiger partial charge in [-0.1, -0.05) is 36.4 Å². The molecule has 0 spiro atoms. The number of nitrogens with zero attached hydrogens (tertiary/aromatic N) is 1. The fraction of sp³-hybridized carbons (Fsp3) is 0.357. The number of likely N-dealkylation sites (N-methyl/N-ethyl adjacent to an activating group) is 1. The molecule has 0 heterocycles. The summed E-state index contributed by atoms with van der Waals surface area (Å²) in [4.78, 5) is 14.4. The van der Waals surface area contributed by atoms with Crippen molar-refractivity contribution in [2.45, 2.75) is 18.9 Å². The molecule has 1 rings (SSSR count). The van der Waals surface area contributed by atoms with Gasteiger partial charge in [0.1, 0.15) is 0 Å². The Balaban J connectivity index is 3.06. The maximum Gasteiger partial charge on any atom is 0.183 e. The van der Waals surface area contributed by atoms with Crippen molar-refractivity contribution >= 4 is 5.78 Å². The average molecular weight is 217 g/mol. The summed E-state index contributed by atoms with van der Waals surface area (Å²) in [5.74, 6) is 0.137. The quantitative estimate of drug-likeness (QED) is 0.558. The van der Waals surface area contributed by atoms with Gasteiger partial charge in [0.15, 0.2) is 5.78 Å². The number of ketones is 1. The summed E-state index contributed by atoms with van der Waals surface area (Å²) in [5.41, 5.74) is 0.240. The van der Waals surface area contributed by atoms with Gasteiger partial charge in [-0.2, -0.15) is 0 Å². The Kier molecular flexibility index (Phi) is 4.02. The largest absolute Gasteiger partial charge is 0.297 e. The van der Waals surface area contributed by atoms with Gasteiger partial charge < -0.3 is 0 Å². The van der Waals surface area contributed by atoms with Gasteiger partial charge in [-0.15, -0.1) is 6.58 Å². The zero-order valence-corrected chi connectivity index (χ0v) is 10.2. The minimum Gasteiger partial charge on any atom is -0.297 e. The molecule has 0 fully saturated rings. The number of rotatable bonds is 5. The molecule has 1 atom stereocenters. The lowest BCUT2D eigenvalue weighted by atomic mass is 9.87. The van der Waals surface area contributed by atoms with E-state index in [0.717, 1.165) is 5.56 Å². The Morgan fingerprint density at radius 1 is 1.38 bits per heavy atom. The third-order valence-electron chi connectivity index (χ3n) is 3.05. The molecule has 0 aliphatic heterocycles. The van der Waals surface area contributed by atoms with Crippen LogP contribution in [0, 0.1) is 0 Å². The van der Waals surface area contributed by atoms with Crippen LogP contribution in [-0.4, -0.2) is 30.3 Å². The van der Waals surface area contributed by atoms with Crippen LogP contribution in [0.4, 0.5) is 0 Å². The molecule has 0 saturated heterocycles. The van der Waals surface area contributed by atoms with Gasteiger partial charge in [0, 0.05) is 5.56 Å². The van der Waals surface area contributed by atoms with Gasteiger partial charge in [0.05, 0.1) is 5.54 Å². The standard InChI is InChI=1S/C14H19NO/c1-5-11-14(2,15(3)4)13(16)12-9-7-6-8-10-12/h5-10H,1,11H2,2-4H3. The Morgan fingerprint density at radius 3 is 2.38 bits per heavy atom. The number of carbonyl (C=O) groups excluding carboxylic acids is 1. The van der Waals surface area contributed by atoms with E-state index in [4.69, 9.17) is 0 Å². The fourth-order valence-corrected chi connectivity index (χ4v) is 1.66. The van der Waals surface area contributed by atoms with E-state index < -0.39 is 5.54 Å². The number of hydrogen-bond acceptors (Lipinski definition) is 2. The Hall–Kier alpha value is -1.41. The van der Waals surface area contributed by atoms with Crippen LogP contribution >= 0.6 is 0 Å². The molecule has 2 heteroatoms. The van der Waals surface area contributed by atoms with Gasteiger partial charge in [0.2, 0.25) is 0 Å². The number of benzene rings is 1. The van der Waals surface area contributed by atoms with Crippen molar-refractivity contribution in [3.05, 3.63) is 48.6 Å². The van der Waals surface area contributed by atoms with Crippen LogP contribution in [-0.2, 0) is 0 Å². The Morgan fingerprint density at radius 2 is 1.94 bits per heavy atom. The highest BCUT2D eigenvalue weighted by molar-refractivity contribution is 6.03. The first-order valence-corrected chi connectivity index (χ1v) is 5.40. The Labute approximate surface area is 97.6 Å². The summed E-state index contributed by atoms with van der Waals surface area (Å²) in [5, 5.41) is 0. The molecule has 16 heavy (non-hydrogen) atoms. The van der Waals surface area contributed by atoms with E-state index in [2.05, 4.69) is 6.58 Å². The second-order valence-electron chi connectivity index (χ2n) is 4.36. The normalized spacial score (nSPS) is 14.5. The van der Waals surface area contributed by atoms with E-state index in [1.807, 2.05) is 56.3 Å². The minimum absolute atomic E-state index is 0.137. The van der Waals surface area contributed by atoms with Gasteiger partial charge in [0.25, 0.3) is 0 Å². The molecule has 0 aliphatic rings. The summed E-state index contributed by atoms with van der Waals surface area (Å²) < 4.78 is 0. The van der Waals surface area contributed by atoms with Gasteiger partial charge in [-0.3, -0.25) is 9.69 Å². The van der Waals surface area contributed by atoms with Crippen LogP contribution in [0.2, 0.25) is 0 Å². The highest BCUT2D eigenvalue weighted by Crippen LogP contribution is 2.22. The van der Waals surface area contributed by atoms with E-state index in [9.17, 15) is 4.79 Å². The highest BCUT2D eigenvalue weighted by Gasteiger charge is 2.34. The third-order valence-corrected chi connectivity index (χ3v) is 3.05. The molecule has 0 radical (unpaired) electrons. The minimum atomic E-state index is -0.511. The molecule has 0 amide bonds. The summed E-state index contributed by atoms with van der Waals surface area (Å²) >= 11 is 0. The molecular weight excluding hydrogens is 198 g/mol. The second-order valence-corrected chi connectivity index (χ2v) is 4.36. The van der Waals surface area contributed by atoms with Crippen molar-refractivity contribution in [3.63, 3.8) is 0 Å². The molecule has 0 saturated carbocycles. The first-order valence-electron chi connectivity index (χ1n) is 5.40. The number of hydrogen-bond donors (Lipinski definition) is 0. The van der Waals surface area contributed by atoms with Crippen LogP contribution < -0.4 is 0 Å². The lowest BCUT2D eigenvalue weighted by Gasteiger charge is -2.34. The molecular formula is C14H19NO. The summed E-state index contributed by atoms with van der Waals surface area (Å²) in [6, 6.07) is 9.39. The van der Waals surface area contributed by atoms with Crippen molar-refractivity contribution in [2.24, 2.45) is 0 Å². The lowest BCUT2D eigenvalue weighted by molar-refractivity contribution is 0.0725. The van der Waals surface area contributed by atoms with Crippen LogP contribution in [0.3, 0.4) is 0 Å². The molecule has 0 N–H and O–H groups in total.